The molecule has 3 heterocycles. The van der Waals surface area contributed by atoms with E-state index >= 15 is 0 Å². The number of aromatic amines is 1. The minimum absolute atomic E-state index is 0.0113. The second-order valence-electron chi connectivity index (χ2n) is 7.94. The zero-order valence-electron chi connectivity index (χ0n) is 16.7. The van der Waals surface area contributed by atoms with Gasteiger partial charge >= 0.3 is 0 Å². The van der Waals surface area contributed by atoms with Crippen LogP contribution in [0.4, 0.5) is 0 Å². The molecule has 2 aliphatic heterocycles. The number of carbonyl (C=O) groups is 2. The van der Waals surface area contributed by atoms with Gasteiger partial charge < -0.3 is 14.9 Å². The Bertz CT molecular complexity index is 1210. The van der Waals surface area contributed by atoms with E-state index in [-0.39, 0.29) is 24.5 Å². The first-order valence-corrected chi connectivity index (χ1v) is 9.93. The minimum Gasteiger partial charge on any atom is -0.392 e. The Morgan fingerprint density at radius 1 is 1.37 bits per heavy atom. The maximum absolute atomic E-state index is 13.2. The number of aryl methyl sites for hydroxylation is 1. The van der Waals surface area contributed by atoms with Crippen LogP contribution < -0.4 is 0 Å². The maximum atomic E-state index is 13.2. The predicted octanol–water partition coefficient (Wildman–Crippen LogP) is 2.38. The van der Waals surface area contributed by atoms with Crippen molar-refractivity contribution in [2.75, 3.05) is 13.1 Å². The van der Waals surface area contributed by atoms with Gasteiger partial charge in [0.1, 0.15) is 0 Å². The molecule has 0 saturated carbocycles. The summed E-state index contributed by atoms with van der Waals surface area (Å²) in [7, 11) is 0. The highest BCUT2D eigenvalue weighted by Crippen LogP contribution is 2.37. The molecule has 0 bridgehead atoms. The lowest BCUT2D eigenvalue weighted by molar-refractivity contribution is -0.132. The summed E-state index contributed by atoms with van der Waals surface area (Å²) in [5.41, 5.74) is 6.17. The summed E-state index contributed by atoms with van der Waals surface area (Å²) in [4.78, 5) is 28.5. The van der Waals surface area contributed by atoms with Crippen LogP contribution in [-0.4, -0.2) is 56.0 Å². The Balaban J connectivity index is 1.53. The molecule has 1 fully saturated rings. The van der Waals surface area contributed by atoms with Crippen molar-refractivity contribution in [3.05, 3.63) is 65.4 Å². The average molecular weight is 402 g/mol. The van der Waals surface area contributed by atoms with Gasteiger partial charge in [0, 0.05) is 30.6 Å². The fourth-order valence-electron chi connectivity index (χ4n) is 4.56. The molecule has 5 rings (SSSR count). The SMILES string of the molecule is C=CC(=O)N1CC(N2Cc3c(CO)cc(-c4c(C)ccc5[nH]ncc45)cc3C2=O)C1. The number of aromatic nitrogens is 2. The maximum Gasteiger partial charge on any atom is 0.254 e. The van der Waals surface area contributed by atoms with Gasteiger partial charge in [-0.15, -0.1) is 0 Å². The van der Waals surface area contributed by atoms with Crippen molar-refractivity contribution in [2.24, 2.45) is 0 Å². The highest BCUT2D eigenvalue weighted by atomic mass is 16.3. The molecule has 7 heteroatoms. The number of benzene rings is 2. The molecule has 0 radical (unpaired) electrons. The molecule has 2 aromatic carbocycles. The van der Waals surface area contributed by atoms with E-state index in [0.717, 1.165) is 38.7 Å². The van der Waals surface area contributed by atoms with Gasteiger partial charge in [-0.1, -0.05) is 12.6 Å². The topological polar surface area (TPSA) is 89.5 Å². The number of amides is 2. The van der Waals surface area contributed by atoms with Crippen LogP contribution in [0.25, 0.3) is 22.0 Å². The van der Waals surface area contributed by atoms with Crippen molar-refractivity contribution in [2.45, 2.75) is 26.1 Å². The van der Waals surface area contributed by atoms with Gasteiger partial charge in [0.2, 0.25) is 5.91 Å². The van der Waals surface area contributed by atoms with Gasteiger partial charge in [0.05, 0.1) is 24.4 Å². The first-order chi connectivity index (χ1) is 14.5. The molecule has 3 aromatic rings. The standard InChI is InChI=1S/C23H22N4O3/c1-3-21(29)26-9-16(10-26)27-11-19-15(12-28)6-14(7-17(19)23(27)30)22-13(2)4-5-20-18(22)8-24-25-20/h3-8,16,28H,1,9-12H2,2H3,(H,24,25). The molecule has 30 heavy (non-hydrogen) atoms. The van der Waals surface area contributed by atoms with E-state index < -0.39 is 0 Å². The number of aliphatic hydroxyl groups is 1. The van der Waals surface area contributed by atoms with Crippen LogP contribution in [0, 0.1) is 6.92 Å². The molecule has 2 N–H and O–H groups in total. The molecule has 7 nitrogen and oxygen atoms in total. The highest BCUT2D eigenvalue weighted by molar-refractivity contribution is 6.03. The van der Waals surface area contributed by atoms with E-state index in [2.05, 4.69) is 16.8 Å². The number of hydrogen-bond donors (Lipinski definition) is 2. The molecule has 0 aliphatic carbocycles. The molecule has 0 unspecified atom stereocenters. The van der Waals surface area contributed by atoms with Gasteiger partial charge in [-0.25, -0.2) is 0 Å². The van der Waals surface area contributed by atoms with Crippen LogP contribution in [-0.2, 0) is 17.9 Å². The summed E-state index contributed by atoms with van der Waals surface area (Å²) in [6, 6.07) is 7.90. The molecular formula is C23H22N4O3. The lowest BCUT2D eigenvalue weighted by atomic mass is 9.92. The van der Waals surface area contributed by atoms with E-state index in [4.69, 9.17) is 0 Å². The summed E-state index contributed by atoms with van der Waals surface area (Å²) < 4.78 is 0. The Morgan fingerprint density at radius 2 is 2.17 bits per heavy atom. The van der Waals surface area contributed by atoms with Gasteiger partial charge in [-0.3, -0.25) is 14.7 Å². The molecular weight excluding hydrogens is 380 g/mol. The summed E-state index contributed by atoms with van der Waals surface area (Å²) in [6.45, 7) is 6.89. The molecule has 2 aliphatic rings. The smallest absolute Gasteiger partial charge is 0.254 e. The fourth-order valence-corrected chi connectivity index (χ4v) is 4.56. The van der Waals surface area contributed by atoms with Crippen molar-refractivity contribution in [3.8, 4) is 11.1 Å². The Morgan fingerprint density at radius 3 is 2.90 bits per heavy atom. The Kier molecular flexibility index (Phi) is 4.22. The van der Waals surface area contributed by atoms with E-state index in [1.807, 2.05) is 36.1 Å². The number of fused-ring (bicyclic) bond motifs is 2. The summed E-state index contributed by atoms with van der Waals surface area (Å²) in [5, 5.41) is 18.2. The quantitative estimate of drug-likeness (QED) is 0.656. The van der Waals surface area contributed by atoms with E-state index in [1.165, 1.54) is 6.08 Å². The van der Waals surface area contributed by atoms with Gasteiger partial charge in [-0.2, -0.15) is 5.10 Å². The van der Waals surface area contributed by atoms with Crippen LogP contribution in [0.3, 0.4) is 0 Å². The van der Waals surface area contributed by atoms with Crippen molar-refractivity contribution in [3.63, 3.8) is 0 Å². The minimum atomic E-state index is -0.135. The van der Waals surface area contributed by atoms with Gasteiger partial charge in [0.25, 0.3) is 5.91 Å². The van der Waals surface area contributed by atoms with Crippen LogP contribution in [0.15, 0.2) is 43.1 Å². The third-order valence-corrected chi connectivity index (χ3v) is 6.24. The second-order valence-corrected chi connectivity index (χ2v) is 7.94. The number of aliphatic hydroxyl groups excluding tert-OH is 1. The zero-order chi connectivity index (χ0) is 21.0. The Hall–Kier alpha value is -3.45. The number of hydrogen-bond acceptors (Lipinski definition) is 4. The molecule has 1 saturated heterocycles. The summed E-state index contributed by atoms with van der Waals surface area (Å²) >= 11 is 0. The second kappa shape index (κ2) is 6.81. The van der Waals surface area contributed by atoms with E-state index in [9.17, 15) is 14.7 Å². The van der Waals surface area contributed by atoms with Crippen LogP contribution in [0.2, 0.25) is 0 Å². The van der Waals surface area contributed by atoms with Crippen molar-refractivity contribution >= 4 is 22.7 Å². The summed E-state index contributed by atoms with van der Waals surface area (Å²) in [6.07, 6.45) is 3.09. The number of nitrogens with zero attached hydrogens (tertiary/aromatic N) is 3. The van der Waals surface area contributed by atoms with E-state index in [0.29, 0.717) is 25.2 Å². The predicted molar refractivity (Wildman–Crippen MR) is 113 cm³/mol. The monoisotopic (exact) mass is 402 g/mol. The number of H-pyrrole nitrogens is 1. The van der Waals surface area contributed by atoms with Crippen LogP contribution in [0.1, 0.15) is 27.0 Å². The third-order valence-electron chi connectivity index (χ3n) is 6.24. The van der Waals surface area contributed by atoms with Crippen LogP contribution in [0.5, 0.6) is 0 Å². The summed E-state index contributed by atoms with van der Waals surface area (Å²) in [5.74, 6) is -0.160. The highest BCUT2D eigenvalue weighted by Gasteiger charge is 2.41. The lowest BCUT2D eigenvalue weighted by Gasteiger charge is -2.43. The van der Waals surface area contributed by atoms with Crippen LogP contribution >= 0.6 is 0 Å². The van der Waals surface area contributed by atoms with E-state index in [1.54, 1.807) is 11.1 Å². The van der Waals surface area contributed by atoms with Gasteiger partial charge in [0.15, 0.2) is 0 Å². The van der Waals surface area contributed by atoms with Crippen molar-refractivity contribution < 1.29 is 14.7 Å². The van der Waals surface area contributed by atoms with Gasteiger partial charge in [-0.05, 0) is 59.0 Å². The molecule has 1 aromatic heterocycles. The lowest BCUT2D eigenvalue weighted by Crippen LogP contribution is -2.60. The molecule has 0 spiro atoms. The van der Waals surface area contributed by atoms with Crippen molar-refractivity contribution in [1.82, 2.24) is 20.0 Å². The first kappa shape index (κ1) is 18.6. The third kappa shape index (κ3) is 2.66. The fraction of sp³-hybridized carbons (Fsp3) is 0.261. The van der Waals surface area contributed by atoms with Crippen molar-refractivity contribution in [1.29, 1.82) is 0 Å². The number of carbonyl (C=O) groups excluding carboxylic acids is 2. The average Bonchev–Trinajstić information content (AvgIpc) is 3.31. The Labute approximate surface area is 173 Å². The normalized spacial score (nSPS) is 16.1. The molecule has 152 valence electrons. The largest absolute Gasteiger partial charge is 0.392 e. The number of nitrogens with one attached hydrogen (secondary N) is 1. The first-order valence-electron chi connectivity index (χ1n) is 9.93. The zero-order valence-corrected chi connectivity index (χ0v) is 16.7. The molecule has 2 amide bonds. The number of rotatable bonds is 4. The number of likely N-dealkylation sites (tertiary alicyclic amines) is 1. The molecule has 0 atom stereocenters.